The van der Waals surface area contributed by atoms with Gasteiger partial charge in [0.1, 0.15) is 11.8 Å². The van der Waals surface area contributed by atoms with Gasteiger partial charge in [-0.3, -0.25) is 13.9 Å². The molecule has 1 unspecified atom stereocenters. The molecule has 2 aromatic carbocycles. The fourth-order valence-electron chi connectivity index (χ4n) is 3.86. The maximum absolute atomic E-state index is 13.4. The van der Waals surface area contributed by atoms with Crippen LogP contribution < -0.4 is 14.4 Å². The summed E-state index contributed by atoms with van der Waals surface area (Å²) in [5, 5.41) is 3.38. The van der Waals surface area contributed by atoms with Gasteiger partial charge >= 0.3 is 0 Å². The van der Waals surface area contributed by atoms with E-state index in [2.05, 4.69) is 5.32 Å². The third kappa shape index (κ3) is 7.75. The summed E-state index contributed by atoms with van der Waals surface area (Å²) in [6.07, 6.45) is 1.73. The number of halogens is 2. The average Bonchev–Trinajstić information content (AvgIpc) is 2.83. The third-order valence-electron chi connectivity index (χ3n) is 5.61. The first kappa shape index (κ1) is 29.7. The Morgan fingerprint density at radius 1 is 1.06 bits per heavy atom. The van der Waals surface area contributed by atoms with E-state index >= 15 is 0 Å². The van der Waals surface area contributed by atoms with Crippen molar-refractivity contribution < 1.29 is 22.7 Å². The van der Waals surface area contributed by atoms with Crippen molar-refractivity contribution in [2.24, 2.45) is 0 Å². The lowest BCUT2D eigenvalue weighted by atomic mass is 10.1. The van der Waals surface area contributed by atoms with Crippen LogP contribution in [0.2, 0.25) is 10.0 Å². The normalized spacial score (nSPS) is 12.1. The number of amides is 2. The van der Waals surface area contributed by atoms with Crippen molar-refractivity contribution in [1.82, 2.24) is 10.2 Å². The van der Waals surface area contributed by atoms with Gasteiger partial charge in [0, 0.05) is 42.2 Å². The number of anilines is 1. The number of carbonyl (C=O) groups is 2. The predicted octanol–water partition coefficient (Wildman–Crippen LogP) is 4.49. The minimum absolute atomic E-state index is 0.0123. The Labute approximate surface area is 223 Å². The van der Waals surface area contributed by atoms with Crippen LogP contribution in [0.4, 0.5) is 5.69 Å². The molecule has 36 heavy (non-hydrogen) atoms. The van der Waals surface area contributed by atoms with Crippen molar-refractivity contribution in [1.29, 1.82) is 0 Å². The molecule has 0 heterocycles. The number of hydrogen-bond acceptors (Lipinski definition) is 5. The minimum atomic E-state index is -3.65. The third-order valence-corrected chi connectivity index (χ3v) is 7.50. The smallest absolute Gasteiger partial charge is 0.242 e. The quantitative estimate of drug-likeness (QED) is 0.391. The molecular weight excluding hydrogens is 525 g/mol. The highest BCUT2D eigenvalue weighted by Crippen LogP contribution is 2.31. The Hall–Kier alpha value is -2.49. The summed E-state index contributed by atoms with van der Waals surface area (Å²) in [5.41, 5.74) is 0.950. The number of nitrogens with zero attached hydrogens (tertiary/aromatic N) is 2. The van der Waals surface area contributed by atoms with Gasteiger partial charge in [0.2, 0.25) is 21.8 Å². The van der Waals surface area contributed by atoms with E-state index in [0.717, 1.165) is 6.26 Å². The van der Waals surface area contributed by atoms with Crippen LogP contribution in [0.15, 0.2) is 42.5 Å². The van der Waals surface area contributed by atoms with Gasteiger partial charge in [-0.1, -0.05) is 48.3 Å². The maximum atomic E-state index is 13.4. The van der Waals surface area contributed by atoms with Crippen molar-refractivity contribution in [3.05, 3.63) is 58.1 Å². The fourth-order valence-corrected chi connectivity index (χ4v) is 5.35. The van der Waals surface area contributed by atoms with Crippen LogP contribution in [0, 0.1) is 0 Å². The first-order valence-electron chi connectivity index (χ1n) is 11.7. The second-order valence-corrected chi connectivity index (χ2v) is 10.8. The molecule has 1 atom stereocenters. The molecule has 8 nitrogen and oxygen atoms in total. The number of carbonyl (C=O) groups excluding carboxylic acids is 2. The summed E-state index contributed by atoms with van der Waals surface area (Å²) < 4.78 is 32.0. The van der Waals surface area contributed by atoms with Crippen LogP contribution in [-0.4, -0.2) is 57.6 Å². The Balaban J connectivity index is 2.28. The van der Waals surface area contributed by atoms with E-state index in [4.69, 9.17) is 27.9 Å². The van der Waals surface area contributed by atoms with E-state index in [1.54, 1.807) is 42.5 Å². The molecule has 0 saturated heterocycles. The highest BCUT2D eigenvalue weighted by Gasteiger charge is 2.29. The monoisotopic (exact) mass is 557 g/mol. The molecule has 2 rings (SSSR count). The zero-order valence-corrected chi connectivity index (χ0v) is 23.3. The first-order valence-corrected chi connectivity index (χ1v) is 14.3. The summed E-state index contributed by atoms with van der Waals surface area (Å²) in [4.78, 5) is 27.4. The van der Waals surface area contributed by atoms with Crippen molar-refractivity contribution >= 4 is 50.7 Å². The summed E-state index contributed by atoms with van der Waals surface area (Å²) in [5.74, 6) is -0.178. The number of ether oxygens (including phenoxy) is 1. The van der Waals surface area contributed by atoms with Crippen LogP contribution in [0.5, 0.6) is 5.75 Å². The number of nitrogens with one attached hydrogen (secondary N) is 1. The fraction of sp³-hybridized carbons (Fsp3) is 0.440. The van der Waals surface area contributed by atoms with Gasteiger partial charge in [0.25, 0.3) is 0 Å². The molecule has 2 amide bonds. The molecule has 0 fully saturated rings. The summed E-state index contributed by atoms with van der Waals surface area (Å²) in [7, 11) is -2.14. The van der Waals surface area contributed by atoms with Gasteiger partial charge in [-0.15, -0.1) is 0 Å². The summed E-state index contributed by atoms with van der Waals surface area (Å²) in [6, 6.07) is 11.2. The summed E-state index contributed by atoms with van der Waals surface area (Å²) >= 11 is 12.7. The molecule has 0 aromatic heterocycles. The number of likely N-dealkylation sites (N-methyl/N-ethyl adjacent to an activating group) is 1. The lowest BCUT2D eigenvalue weighted by Gasteiger charge is -2.31. The summed E-state index contributed by atoms with van der Waals surface area (Å²) in [6.45, 7) is 4.12. The molecule has 11 heteroatoms. The first-order chi connectivity index (χ1) is 17.0. The molecule has 0 bridgehead atoms. The topological polar surface area (TPSA) is 96.0 Å². The number of sulfonamides is 1. The van der Waals surface area contributed by atoms with Gasteiger partial charge in [-0.2, -0.15) is 0 Å². The zero-order chi connectivity index (χ0) is 26.9. The molecule has 0 spiro atoms. The molecule has 0 aliphatic rings. The second kappa shape index (κ2) is 13.7. The highest BCUT2D eigenvalue weighted by atomic mass is 35.5. The molecule has 0 aliphatic heterocycles. The van der Waals surface area contributed by atoms with Crippen molar-refractivity contribution in [3.63, 3.8) is 0 Å². The van der Waals surface area contributed by atoms with Gasteiger partial charge < -0.3 is 15.0 Å². The lowest BCUT2D eigenvalue weighted by molar-refractivity contribution is -0.141. The highest BCUT2D eigenvalue weighted by molar-refractivity contribution is 7.92. The Bertz CT molecular complexity index is 1140. The second-order valence-electron chi connectivity index (χ2n) is 8.10. The largest absolute Gasteiger partial charge is 0.492 e. The Kier molecular flexibility index (Phi) is 11.3. The lowest BCUT2D eigenvalue weighted by Crippen LogP contribution is -2.48. The molecule has 0 aliphatic carbocycles. The predicted molar refractivity (Wildman–Crippen MR) is 144 cm³/mol. The molecular formula is C25H33Cl2N3O5S. The molecule has 1 N–H and O–H groups in total. The van der Waals surface area contributed by atoms with Crippen molar-refractivity contribution in [2.75, 3.05) is 30.8 Å². The molecule has 198 valence electrons. The SMILES string of the molecule is CCOc1ccccc1N(CCCC(=O)N(Cc1c(Cl)cccc1Cl)C(CC)C(=O)NC)S(C)(=O)=O. The number of rotatable bonds is 13. The zero-order valence-electron chi connectivity index (χ0n) is 21.0. The Morgan fingerprint density at radius 3 is 2.25 bits per heavy atom. The standard InChI is InChI=1S/C25H33Cl2N3O5S/c1-5-21(25(32)28-3)29(17-18-19(26)11-9-12-20(18)27)24(31)15-10-16-30(36(4,33)34)22-13-7-8-14-23(22)35-6-2/h7-9,11-14,21H,5-6,10,15-17H2,1-4H3,(H,28,32). The van der Waals surface area contributed by atoms with Gasteiger partial charge in [-0.25, -0.2) is 8.42 Å². The van der Waals surface area contributed by atoms with Crippen LogP contribution in [0.25, 0.3) is 0 Å². The van der Waals surface area contributed by atoms with Crippen LogP contribution in [0.3, 0.4) is 0 Å². The maximum Gasteiger partial charge on any atom is 0.242 e. The van der Waals surface area contributed by atoms with Crippen LogP contribution in [0.1, 0.15) is 38.7 Å². The van der Waals surface area contributed by atoms with E-state index in [9.17, 15) is 18.0 Å². The molecule has 0 radical (unpaired) electrons. The van der Waals surface area contributed by atoms with E-state index in [1.807, 2.05) is 13.8 Å². The van der Waals surface area contributed by atoms with E-state index in [1.165, 1.54) is 16.3 Å². The van der Waals surface area contributed by atoms with Crippen molar-refractivity contribution in [2.45, 2.75) is 45.7 Å². The van der Waals surface area contributed by atoms with E-state index in [-0.39, 0.29) is 37.7 Å². The number of hydrogen-bond donors (Lipinski definition) is 1. The van der Waals surface area contributed by atoms with Crippen LogP contribution in [-0.2, 0) is 26.2 Å². The van der Waals surface area contributed by atoms with Gasteiger partial charge in [-0.05, 0) is 44.0 Å². The van der Waals surface area contributed by atoms with E-state index in [0.29, 0.717) is 40.1 Å². The van der Waals surface area contributed by atoms with Crippen LogP contribution >= 0.6 is 23.2 Å². The van der Waals surface area contributed by atoms with Gasteiger partial charge in [0.05, 0.1) is 18.6 Å². The molecule has 0 saturated carbocycles. The minimum Gasteiger partial charge on any atom is -0.492 e. The van der Waals surface area contributed by atoms with E-state index < -0.39 is 16.1 Å². The number of benzene rings is 2. The number of para-hydroxylation sites is 2. The van der Waals surface area contributed by atoms with Gasteiger partial charge in [0.15, 0.2) is 0 Å². The molecule has 2 aromatic rings. The average molecular weight is 559 g/mol. The Morgan fingerprint density at radius 2 is 1.69 bits per heavy atom. The van der Waals surface area contributed by atoms with Crippen molar-refractivity contribution in [3.8, 4) is 5.75 Å².